The molecule has 62 heavy (non-hydrogen) atoms. The quantitative estimate of drug-likeness (QED) is 0.127. The van der Waals surface area contributed by atoms with Crippen LogP contribution < -0.4 is 0 Å². The first kappa shape index (κ1) is 40.0. The van der Waals surface area contributed by atoms with Gasteiger partial charge >= 0.3 is 0 Å². The van der Waals surface area contributed by atoms with Crippen molar-refractivity contribution in [1.82, 2.24) is 0 Å². The molecule has 0 bridgehead atoms. The van der Waals surface area contributed by atoms with Crippen LogP contribution in [0.3, 0.4) is 0 Å². The average Bonchev–Trinajstić information content (AvgIpc) is 3.82. The van der Waals surface area contributed by atoms with Gasteiger partial charge in [-0.1, -0.05) is 78.4 Å². The highest BCUT2D eigenvalue weighted by molar-refractivity contribution is 6.35. The first-order chi connectivity index (χ1) is 30.1. The van der Waals surface area contributed by atoms with Crippen LogP contribution in [0.5, 0.6) is 0 Å². The third-order valence-electron chi connectivity index (χ3n) is 10.5. The lowest BCUT2D eigenvalue weighted by Crippen LogP contribution is -2.05. The predicted molar refractivity (Wildman–Crippen MR) is 225 cm³/mol. The van der Waals surface area contributed by atoms with Crippen molar-refractivity contribution in [3.05, 3.63) is 208 Å². The van der Waals surface area contributed by atoms with Gasteiger partial charge in [0.15, 0.2) is 11.4 Å². The number of rotatable bonds is 5. The minimum atomic E-state index is -2.85. The van der Waals surface area contributed by atoms with Crippen LogP contribution in [0.1, 0.15) is 84.3 Å². The second-order valence-electron chi connectivity index (χ2n) is 13.6. The molecule has 0 aromatic heterocycles. The molecule has 2 aliphatic rings. The number of aryl methyl sites for hydroxylation is 1. The molecule has 5 aromatic rings. The van der Waals surface area contributed by atoms with E-state index >= 15 is 0 Å². The average molecular weight is 797 g/mol. The Balaban J connectivity index is 1.76. The van der Waals surface area contributed by atoms with Gasteiger partial charge in [0.05, 0.1) is 65.8 Å². The molecule has 2 aliphatic carbocycles. The van der Waals surface area contributed by atoms with Gasteiger partial charge in [-0.15, -0.1) is 0 Å². The summed E-state index contributed by atoms with van der Waals surface area (Å²) < 4.78 is 27.7. The molecule has 0 atom stereocenters. The van der Waals surface area contributed by atoms with Crippen LogP contribution in [0, 0.1) is 101 Å². The van der Waals surface area contributed by atoms with Gasteiger partial charge in [-0.25, -0.2) is 18.5 Å². The minimum Gasteiger partial charge on any atom is -0.250 e. The number of allylic oxidation sites excluding steroid dienone is 6. The zero-order chi connectivity index (χ0) is 44.4. The predicted octanol–water partition coefficient (Wildman–Crippen LogP) is 12.0. The van der Waals surface area contributed by atoms with E-state index in [2.05, 4.69) is 43.7 Å². The van der Waals surface area contributed by atoms with Gasteiger partial charge in [0.1, 0.15) is 30.3 Å². The van der Waals surface area contributed by atoms with Crippen LogP contribution in [0.15, 0.2) is 84.9 Å². The molecular weight excluding hydrogens is 779 g/mol. The maximum atomic E-state index is 13.8. The van der Waals surface area contributed by atoms with E-state index in [1.54, 1.807) is 24.3 Å². The number of nitriles is 6. The van der Waals surface area contributed by atoms with E-state index in [9.17, 15) is 40.4 Å². The molecule has 5 aromatic carbocycles. The van der Waals surface area contributed by atoms with Crippen LogP contribution in [-0.4, -0.2) is 0 Å². The Kier molecular flexibility index (Phi) is 10.3. The van der Waals surface area contributed by atoms with Gasteiger partial charge in [-0.3, -0.25) is 9.69 Å². The Labute approximate surface area is 353 Å². The fourth-order valence-corrected chi connectivity index (χ4v) is 7.77. The summed E-state index contributed by atoms with van der Waals surface area (Å²) in [7, 11) is 0. The lowest BCUT2D eigenvalue weighted by molar-refractivity contribution is 0.151. The number of nitrogens with zero attached hydrogens (tertiary/aromatic N) is 10. The highest BCUT2D eigenvalue weighted by atomic mass is 19.3. The number of halogens is 2. The van der Waals surface area contributed by atoms with Crippen LogP contribution in [0.4, 0.5) is 20.2 Å². The van der Waals surface area contributed by atoms with Gasteiger partial charge in [-0.2, -0.15) is 31.6 Å². The molecule has 0 unspecified atom stereocenters. The van der Waals surface area contributed by atoms with Crippen molar-refractivity contribution in [1.29, 1.82) is 31.6 Å². The monoisotopic (exact) mass is 796 g/mol. The zero-order valence-electron chi connectivity index (χ0n) is 31.9. The lowest BCUT2D eigenvalue weighted by Gasteiger charge is -2.19. The van der Waals surface area contributed by atoms with Crippen LogP contribution in [0.25, 0.3) is 64.2 Å². The van der Waals surface area contributed by atoms with Gasteiger partial charge in [0.25, 0.3) is 6.43 Å². The van der Waals surface area contributed by atoms with Crippen LogP contribution >= 0.6 is 0 Å². The molecular formula is C50H18F2N10. The highest BCUT2D eigenvalue weighted by Gasteiger charge is 2.43. The number of fused-ring (bicyclic) bond motifs is 2. The Morgan fingerprint density at radius 3 is 1.71 bits per heavy atom. The van der Waals surface area contributed by atoms with Crippen molar-refractivity contribution in [2.45, 2.75) is 13.3 Å². The van der Waals surface area contributed by atoms with Crippen LogP contribution in [0.2, 0.25) is 0 Å². The summed E-state index contributed by atoms with van der Waals surface area (Å²) in [5.41, 5.74) is -0.291. The molecule has 0 saturated heterocycles. The van der Waals surface area contributed by atoms with Crippen molar-refractivity contribution >= 4 is 56.2 Å². The van der Waals surface area contributed by atoms with Gasteiger partial charge in [0.2, 0.25) is 11.4 Å². The molecule has 12 heteroatoms. The summed E-state index contributed by atoms with van der Waals surface area (Å²) in [4.78, 5) is 14.6. The highest BCUT2D eigenvalue weighted by Crippen LogP contribution is 2.60. The largest absolute Gasteiger partial charge is 0.263 e. The maximum absolute atomic E-state index is 13.8. The molecule has 0 aliphatic heterocycles. The summed E-state index contributed by atoms with van der Waals surface area (Å²) in [6.07, 6.45) is -2.85. The third kappa shape index (κ3) is 6.07. The Hall–Kier alpha value is -10.2. The zero-order valence-corrected chi connectivity index (χ0v) is 31.9. The second-order valence-corrected chi connectivity index (χ2v) is 13.6. The molecule has 282 valence electrons. The summed E-state index contributed by atoms with van der Waals surface area (Å²) in [6.45, 7) is 34.2. The van der Waals surface area contributed by atoms with E-state index in [0.717, 1.165) is 17.7 Å². The first-order valence-electron chi connectivity index (χ1n) is 18.0. The van der Waals surface area contributed by atoms with Crippen molar-refractivity contribution in [2.24, 2.45) is 0 Å². The summed E-state index contributed by atoms with van der Waals surface area (Å²) >= 11 is 0. The van der Waals surface area contributed by atoms with E-state index in [0.29, 0.717) is 5.56 Å². The number of alkyl halides is 2. The van der Waals surface area contributed by atoms with E-state index in [-0.39, 0.29) is 123 Å². The van der Waals surface area contributed by atoms with Gasteiger partial charge in [-0.05, 0) is 69.2 Å². The lowest BCUT2D eigenvalue weighted by atomic mass is 9.81. The Morgan fingerprint density at radius 2 is 1.16 bits per heavy atom. The number of benzene rings is 5. The van der Waals surface area contributed by atoms with Crippen molar-refractivity contribution < 1.29 is 8.78 Å². The fourth-order valence-electron chi connectivity index (χ4n) is 7.77. The van der Waals surface area contributed by atoms with E-state index in [1.807, 2.05) is 19.1 Å². The van der Waals surface area contributed by atoms with Gasteiger partial charge < -0.3 is 0 Å². The Bertz CT molecular complexity index is 3480. The molecule has 7 rings (SSSR count). The molecule has 0 N–H and O–H groups in total. The second kappa shape index (κ2) is 16.0. The third-order valence-corrected chi connectivity index (χ3v) is 10.5. The van der Waals surface area contributed by atoms with E-state index < -0.39 is 6.43 Å². The molecule has 0 fully saturated rings. The Morgan fingerprint density at radius 1 is 0.565 bits per heavy atom. The topological polar surface area (TPSA) is 160 Å². The SMILES string of the molecule is [C-]#[N+]C1=C(c2ccc(C)cc2)/C(=C(/C#N)c2ccc([N+]#[C-])c([N+]#[C-])c2)c2c(C#N)c3c(c(C#N)c21)C(C#N)=C(c1ccc(C(F)F)cc1)/C3=C(/[N+]#[C-])c1ccc(C#N)c(C#N)c1. The first-order valence-corrected chi connectivity index (χ1v) is 18.0. The van der Waals surface area contributed by atoms with Crippen molar-refractivity contribution in [2.75, 3.05) is 0 Å². The number of hydrogen-bond donors (Lipinski definition) is 0. The molecule has 0 spiro atoms. The van der Waals surface area contributed by atoms with E-state index in [4.69, 9.17) is 26.3 Å². The van der Waals surface area contributed by atoms with Crippen molar-refractivity contribution in [3.8, 4) is 36.4 Å². The summed E-state index contributed by atoms with van der Waals surface area (Å²) in [5.74, 6) is 0. The van der Waals surface area contributed by atoms with Crippen molar-refractivity contribution in [3.63, 3.8) is 0 Å². The molecule has 10 nitrogen and oxygen atoms in total. The molecule has 0 saturated carbocycles. The summed E-state index contributed by atoms with van der Waals surface area (Å²) in [5, 5.41) is 64.3. The van der Waals surface area contributed by atoms with E-state index in [1.165, 1.54) is 48.5 Å². The molecule has 0 amide bonds. The normalized spacial score (nSPS) is 13.6. The maximum Gasteiger partial charge on any atom is 0.263 e. The molecule has 0 heterocycles. The van der Waals surface area contributed by atoms with Crippen LogP contribution in [-0.2, 0) is 0 Å². The smallest absolute Gasteiger partial charge is 0.250 e. The molecule has 0 radical (unpaired) electrons. The standard InChI is InChI=1S/C50H18F2N10/c1-26-6-8-28(9-7-26)41-43(34(22-55)30-16-17-38(59-2)39(19-30)60-3)45-37(25-58)44-42(36(24-57)46(45)49(41)62-5)35(23-56)40(27-10-12-29(13-11-27)50(51)52)47(44)48(61-4)31-14-15-32(20-53)33(18-31)21-54/h6-19,50H,1H3/b43-34+,48-47-. The minimum absolute atomic E-state index is 0.00164. The van der Waals surface area contributed by atoms with Gasteiger partial charge in [0, 0.05) is 22.3 Å². The number of hydrogen-bond acceptors (Lipinski definition) is 6. The summed E-state index contributed by atoms with van der Waals surface area (Å²) in [6, 6.07) is 32.6. The fraction of sp³-hybridized carbons (Fsp3) is 0.0400.